The molecule has 5 heteroatoms. The molecular formula is C23H23N5. The molecule has 0 N–H and O–H groups in total. The normalized spacial score (nSPS) is 19.2. The number of pyridine rings is 1. The Labute approximate surface area is 165 Å². The van der Waals surface area contributed by atoms with E-state index in [1.165, 1.54) is 16.8 Å². The lowest BCUT2D eigenvalue weighted by molar-refractivity contribution is 0.425. The van der Waals surface area contributed by atoms with Crippen LogP contribution in [-0.4, -0.2) is 21.1 Å². The molecule has 0 bridgehead atoms. The second-order valence-corrected chi connectivity index (χ2v) is 7.38. The number of aromatic nitrogens is 3. The lowest BCUT2D eigenvalue weighted by Gasteiger charge is -2.49. The van der Waals surface area contributed by atoms with Crippen LogP contribution < -0.4 is 9.80 Å². The first kappa shape index (κ1) is 16.9. The number of nitrogens with zero attached hydrogens (tertiary/aromatic N) is 5. The number of anilines is 4. The molecule has 4 heterocycles. The third-order valence-corrected chi connectivity index (χ3v) is 6.40. The Morgan fingerprint density at radius 2 is 1.71 bits per heavy atom. The molecule has 2 aliphatic rings. The van der Waals surface area contributed by atoms with E-state index >= 15 is 0 Å². The van der Waals surface area contributed by atoms with Gasteiger partial charge in [-0.2, -0.15) is 0 Å². The third-order valence-electron chi connectivity index (χ3n) is 6.40. The van der Waals surface area contributed by atoms with Crippen molar-refractivity contribution in [1.29, 1.82) is 0 Å². The van der Waals surface area contributed by atoms with Gasteiger partial charge in [-0.05, 0) is 42.2 Å². The highest BCUT2D eigenvalue weighted by Gasteiger charge is 2.51. The maximum absolute atomic E-state index is 4.66. The summed E-state index contributed by atoms with van der Waals surface area (Å²) in [5.41, 5.74) is 5.76. The summed E-state index contributed by atoms with van der Waals surface area (Å²) in [5.74, 6) is 0.908. The minimum absolute atomic E-state index is 0.0381. The molecule has 0 fully saturated rings. The van der Waals surface area contributed by atoms with Crippen LogP contribution in [0.4, 0.5) is 22.9 Å². The van der Waals surface area contributed by atoms with Gasteiger partial charge in [-0.3, -0.25) is 9.88 Å². The number of rotatable bonds is 3. The number of para-hydroxylation sites is 1. The molecule has 140 valence electrons. The van der Waals surface area contributed by atoms with Crippen LogP contribution in [0.1, 0.15) is 32.3 Å². The molecule has 0 radical (unpaired) electrons. The van der Waals surface area contributed by atoms with Gasteiger partial charge in [-0.1, -0.05) is 38.6 Å². The van der Waals surface area contributed by atoms with Gasteiger partial charge in [0, 0.05) is 29.2 Å². The van der Waals surface area contributed by atoms with E-state index in [4.69, 9.17) is 0 Å². The van der Waals surface area contributed by atoms with Gasteiger partial charge >= 0.3 is 0 Å². The van der Waals surface area contributed by atoms with Crippen molar-refractivity contribution >= 4 is 22.9 Å². The van der Waals surface area contributed by atoms with Crippen molar-refractivity contribution in [2.75, 3.05) is 9.80 Å². The number of fused-ring (bicyclic) bond motifs is 5. The summed E-state index contributed by atoms with van der Waals surface area (Å²) in [5, 5.41) is 0. The van der Waals surface area contributed by atoms with Crippen LogP contribution in [0.15, 0.2) is 73.5 Å². The molecule has 0 aliphatic carbocycles. The van der Waals surface area contributed by atoms with Gasteiger partial charge in [0.25, 0.3) is 0 Å². The van der Waals surface area contributed by atoms with Crippen LogP contribution in [0, 0.1) is 0 Å². The Bertz CT molecular complexity index is 1040. The SMILES string of the molecule is C=C1C2N(c3ccccc3C1(CC)CC)c1cncnc1N2c1ccncc1. The highest BCUT2D eigenvalue weighted by molar-refractivity contribution is 5.90. The van der Waals surface area contributed by atoms with E-state index in [1.807, 2.05) is 30.7 Å². The fourth-order valence-electron chi connectivity index (χ4n) is 4.97. The summed E-state index contributed by atoms with van der Waals surface area (Å²) >= 11 is 0. The monoisotopic (exact) mass is 369 g/mol. The van der Waals surface area contributed by atoms with Gasteiger partial charge in [-0.25, -0.2) is 9.97 Å². The largest absolute Gasteiger partial charge is 0.311 e. The summed E-state index contributed by atoms with van der Waals surface area (Å²) in [4.78, 5) is 17.8. The van der Waals surface area contributed by atoms with Gasteiger partial charge in [-0.15, -0.1) is 0 Å². The standard InChI is InChI=1S/C23H23N5/c1-4-23(5-2)16(3)22-27(17-10-12-24-13-11-17)21-20(14-25-15-26-21)28(22)19-9-7-6-8-18(19)23/h6-15,22H,3-5H2,1-2H3. The van der Waals surface area contributed by atoms with E-state index in [2.05, 4.69) is 69.4 Å². The lowest BCUT2D eigenvalue weighted by Crippen LogP contribution is -2.50. The van der Waals surface area contributed by atoms with E-state index in [0.717, 1.165) is 30.0 Å². The molecule has 0 spiro atoms. The molecule has 0 amide bonds. The number of hydrogen-bond donors (Lipinski definition) is 0. The maximum Gasteiger partial charge on any atom is 0.162 e. The van der Waals surface area contributed by atoms with Gasteiger partial charge < -0.3 is 4.90 Å². The Kier molecular flexibility index (Phi) is 3.72. The average molecular weight is 369 g/mol. The predicted octanol–water partition coefficient (Wildman–Crippen LogP) is 5.12. The Balaban J connectivity index is 1.82. The van der Waals surface area contributed by atoms with Gasteiger partial charge in [0.2, 0.25) is 0 Å². The molecule has 5 rings (SSSR count). The third kappa shape index (κ3) is 2.04. The Morgan fingerprint density at radius 1 is 0.964 bits per heavy atom. The summed E-state index contributed by atoms with van der Waals surface area (Å²) in [6.45, 7) is 9.19. The van der Waals surface area contributed by atoms with E-state index in [9.17, 15) is 0 Å². The van der Waals surface area contributed by atoms with Crippen LogP contribution >= 0.6 is 0 Å². The number of benzene rings is 1. The van der Waals surface area contributed by atoms with Crippen molar-refractivity contribution in [1.82, 2.24) is 15.0 Å². The molecule has 28 heavy (non-hydrogen) atoms. The molecule has 0 saturated carbocycles. The van der Waals surface area contributed by atoms with Crippen LogP contribution in [0.5, 0.6) is 0 Å². The van der Waals surface area contributed by atoms with Crippen molar-refractivity contribution in [2.45, 2.75) is 38.3 Å². The highest BCUT2D eigenvalue weighted by atomic mass is 15.5. The summed E-state index contributed by atoms with van der Waals surface area (Å²) in [7, 11) is 0. The smallest absolute Gasteiger partial charge is 0.162 e. The molecule has 2 aromatic heterocycles. The zero-order chi connectivity index (χ0) is 19.3. The zero-order valence-corrected chi connectivity index (χ0v) is 16.2. The van der Waals surface area contributed by atoms with E-state index < -0.39 is 0 Å². The van der Waals surface area contributed by atoms with Crippen molar-refractivity contribution in [3.8, 4) is 0 Å². The van der Waals surface area contributed by atoms with Gasteiger partial charge in [0.05, 0.1) is 6.20 Å². The van der Waals surface area contributed by atoms with Crippen LogP contribution in [-0.2, 0) is 5.41 Å². The topological polar surface area (TPSA) is 45.2 Å². The fourth-order valence-corrected chi connectivity index (χ4v) is 4.97. The predicted molar refractivity (Wildman–Crippen MR) is 112 cm³/mol. The zero-order valence-electron chi connectivity index (χ0n) is 16.2. The molecule has 2 aliphatic heterocycles. The van der Waals surface area contributed by atoms with Gasteiger partial charge in [0.1, 0.15) is 18.2 Å². The van der Waals surface area contributed by atoms with Crippen molar-refractivity contribution in [2.24, 2.45) is 0 Å². The average Bonchev–Trinajstić information content (AvgIpc) is 3.11. The Hall–Kier alpha value is -3.21. The molecule has 1 unspecified atom stereocenters. The van der Waals surface area contributed by atoms with Crippen molar-refractivity contribution < 1.29 is 0 Å². The van der Waals surface area contributed by atoms with Crippen molar-refractivity contribution in [3.63, 3.8) is 0 Å². The van der Waals surface area contributed by atoms with Crippen molar-refractivity contribution in [3.05, 3.63) is 79.0 Å². The van der Waals surface area contributed by atoms with Crippen LogP contribution in [0.3, 0.4) is 0 Å². The quantitative estimate of drug-likeness (QED) is 0.600. The molecular weight excluding hydrogens is 346 g/mol. The second kappa shape index (κ2) is 6.16. The number of hydrogen-bond acceptors (Lipinski definition) is 5. The maximum atomic E-state index is 4.66. The molecule has 5 nitrogen and oxygen atoms in total. The van der Waals surface area contributed by atoms with E-state index in [-0.39, 0.29) is 11.6 Å². The minimum atomic E-state index is -0.0709. The summed E-state index contributed by atoms with van der Waals surface area (Å²) in [6, 6.07) is 12.8. The Morgan fingerprint density at radius 3 is 2.46 bits per heavy atom. The molecule has 3 aromatic rings. The first-order chi connectivity index (χ1) is 13.7. The molecule has 0 saturated heterocycles. The summed E-state index contributed by atoms with van der Waals surface area (Å²) < 4.78 is 0. The van der Waals surface area contributed by atoms with E-state index in [1.54, 1.807) is 6.33 Å². The molecule has 1 aromatic carbocycles. The van der Waals surface area contributed by atoms with Crippen LogP contribution in [0.2, 0.25) is 0 Å². The minimum Gasteiger partial charge on any atom is -0.311 e. The molecule has 1 atom stereocenters. The first-order valence-corrected chi connectivity index (χ1v) is 9.80. The summed E-state index contributed by atoms with van der Waals surface area (Å²) in [6.07, 6.45) is 9.16. The highest BCUT2D eigenvalue weighted by Crippen LogP contribution is 2.58. The lowest BCUT2D eigenvalue weighted by atomic mass is 9.66. The van der Waals surface area contributed by atoms with Gasteiger partial charge in [0.15, 0.2) is 5.82 Å². The second-order valence-electron chi connectivity index (χ2n) is 7.38. The van der Waals surface area contributed by atoms with Crippen LogP contribution in [0.25, 0.3) is 0 Å². The fraction of sp³-hybridized carbons (Fsp3) is 0.261. The first-order valence-electron chi connectivity index (χ1n) is 9.80. The van der Waals surface area contributed by atoms with E-state index in [0.29, 0.717) is 0 Å².